The molecule has 2 unspecified atom stereocenters. The number of fused-ring (bicyclic) bond motifs is 8. The van der Waals surface area contributed by atoms with Crippen LogP contribution >= 0.6 is 0 Å². The predicted molar refractivity (Wildman–Crippen MR) is 198 cm³/mol. The topological polar surface area (TPSA) is 50.8 Å². The molecular formula is C44H34F2N2O3. The standard InChI is InChI=1S/C44H34F2N2O3/c1-27-40-38(24-32(45)25-39(40)46)42-37-23-29(28-7-12-33(13-8-28)47-26-49)9-16-35(37)43-36(41(27)42)17-18-44(51-43,30-5-3-2-4-6-30)31-10-14-34(15-11-31)48-19-21-50-22-20-48/h2-18,23-27H,19-22H2,1H3,(H,47,49). The molecule has 0 radical (unpaired) electrons. The third-order valence-electron chi connectivity index (χ3n) is 10.6. The van der Waals surface area contributed by atoms with Crippen LogP contribution in [-0.2, 0) is 15.1 Å². The molecule has 252 valence electrons. The fourth-order valence-electron chi connectivity index (χ4n) is 8.19. The smallest absolute Gasteiger partial charge is 0.211 e. The van der Waals surface area contributed by atoms with E-state index in [0.29, 0.717) is 42.2 Å². The molecule has 6 aromatic carbocycles. The Hall–Kier alpha value is -5.79. The highest BCUT2D eigenvalue weighted by Gasteiger charge is 2.42. The molecule has 5 nitrogen and oxygen atoms in total. The molecule has 9 rings (SSSR count). The number of nitrogens with one attached hydrogen (secondary N) is 1. The first-order chi connectivity index (χ1) is 24.9. The number of morpholine rings is 1. The van der Waals surface area contributed by atoms with Crippen molar-refractivity contribution in [1.82, 2.24) is 0 Å². The van der Waals surface area contributed by atoms with Gasteiger partial charge in [0.1, 0.15) is 17.4 Å². The molecule has 51 heavy (non-hydrogen) atoms. The van der Waals surface area contributed by atoms with Crippen LogP contribution in [0, 0.1) is 11.6 Å². The Morgan fingerprint density at radius 2 is 1.53 bits per heavy atom. The van der Waals surface area contributed by atoms with E-state index in [4.69, 9.17) is 9.47 Å². The van der Waals surface area contributed by atoms with E-state index >= 15 is 4.39 Å². The summed E-state index contributed by atoms with van der Waals surface area (Å²) < 4.78 is 43.5. The number of carbonyl (C=O) groups excluding carboxylic acids is 1. The maximum Gasteiger partial charge on any atom is 0.211 e. The van der Waals surface area contributed by atoms with Crippen LogP contribution in [0.4, 0.5) is 20.2 Å². The highest BCUT2D eigenvalue weighted by molar-refractivity contribution is 6.09. The lowest BCUT2D eigenvalue weighted by atomic mass is 9.81. The largest absolute Gasteiger partial charge is 0.472 e. The minimum Gasteiger partial charge on any atom is -0.472 e. The minimum absolute atomic E-state index is 0.337. The van der Waals surface area contributed by atoms with Crippen LogP contribution in [0.2, 0.25) is 0 Å². The fourth-order valence-corrected chi connectivity index (χ4v) is 8.19. The average molecular weight is 677 g/mol. The van der Waals surface area contributed by atoms with Gasteiger partial charge >= 0.3 is 0 Å². The zero-order valence-electron chi connectivity index (χ0n) is 28.0. The second-order valence-corrected chi connectivity index (χ2v) is 13.4. The summed E-state index contributed by atoms with van der Waals surface area (Å²) in [5, 5.41) is 4.39. The van der Waals surface area contributed by atoms with Crippen LogP contribution in [0.3, 0.4) is 0 Å². The predicted octanol–water partition coefficient (Wildman–Crippen LogP) is 9.67. The van der Waals surface area contributed by atoms with E-state index in [1.807, 2.05) is 55.5 Å². The molecule has 1 aliphatic carbocycles. The van der Waals surface area contributed by atoms with Crippen molar-refractivity contribution in [1.29, 1.82) is 0 Å². The van der Waals surface area contributed by atoms with Gasteiger partial charge in [-0.2, -0.15) is 0 Å². The molecule has 1 saturated heterocycles. The molecule has 0 spiro atoms. The van der Waals surface area contributed by atoms with Crippen molar-refractivity contribution < 1.29 is 23.0 Å². The normalized spacial score (nSPS) is 18.9. The number of benzene rings is 6. The summed E-state index contributed by atoms with van der Waals surface area (Å²) in [4.78, 5) is 13.3. The van der Waals surface area contributed by atoms with Crippen LogP contribution in [-0.4, -0.2) is 32.7 Å². The van der Waals surface area contributed by atoms with E-state index in [2.05, 4.69) is 70.9 Å². The van der Waals surface area contributed by atoms with Gasteiger partial charge in [-0.15, -0.1) is 0 Å². The lowest BCUT2D eigenvalue weighted by Crippen LogP contribution is -2.37. The molecule has 0 saturated carbocycles. The minimum atomic E-state index is -0.953. The van der Waals surface area contributed by atoms with Gasteiger partial charge in [-0.05, 0) is 81.7 Å². The van der Waals surface area contributed by atoms with E-state index in [0.717, 1.165) is 74.6 Å². The lowest BCUT2D eigenvalue weighted by Gasteiger charge is -2.38. The first-order valence-corrected chi connectivity index (χ1v) is 17.3. The molecule has 2 aliphatic heterocycles. The SMILES string of the molecule is CC1c2c(F)cc(F)cc2-c2c1c1c(c3ccc(-c4ccc(NC=O)cc4)cc23)OC(c2ccccc2)(c2ccc(N3CCOCC3)cc2)C=C1. The molecule has 7 heteroatoms. The number of nitrogens with zero attached hydrogens (tertiary/aromatic N) is 1. The molecule has 3 aliphatic rings. The van der Waals surface area contributed by atoms with Crippen molar-refractivity contribution in [2.45, 2.75) is 18.4 Å². The molecule has 0 bridgehead atoms. The molecule has 2 heterocycles. The van der Waals surface area contributed by atoms with E-state index < -0.39 is 17.2 Å². The fraction of sp³-hybridized carbons (Fsp3) is 0.159. The van der Waals surface area contributed by atoms with Gasteiger partial charge in [-0.3, -0.25) is 4.79 Å². The third kappa shape index (κ3) is 5.02. The van der Waals surface area contributed by atoms with E-state index in [1.165, 1.54) is 6.07 Å². The molecule has 6 aromatic rings. The van der Waals surface area contributed by atoms with Gasteiger partial charge in [0.15, 0.2) is 5.60 Å². The van der Waals surface area contributed by atoms with Crippen molar-refractivity contribution in [3.05, 3.63) is 155 Å². The Morgan fingerprint density at radius 1 is 0.804 bits per heavy atom. The quantitative estimate of drug-likeness (QED) is 0.179. The second-order valence-electron chi connectivity index (χ2n) is 13.4. The molecule has 1 fully saturated rings. The van der Waals surface area contributed by atoms with Gasteiger partial charge in [0, 0.05) is 64.1 Å². The first kappa shape index (κ1) is 31.2. The summed E-state index contributed by atoms with van der Waals surface area (Å²) in [6.45, 7) is 5.09. The number of rotatable bonds is 6. The van der Waals surface area contributed by atoms with E-state index in [-0.39, 0.29) is 5.92 Å². The van der Waals surface area contributed by atoms with Gasteiger partial charge in [0.25, 0.3) is 0 Å². The number of hydrogen-bond donors (Lipinski definition) is 1. The number of amides is 1. The Labute approximate surface area is 294 Å². The molecule has 1 amide bonds. The summed E-state index contributed by atoms with van der Waals surface area (Å²) >= 11 is 0. The van der Waals surface area contributed by atoms with Gasteiger partial charge in [0.2, 0.25) is 6.41 Å². The lowest BCUT2D eigenvalue weighted by molar-refractivity contribution is -0.105. The van der Waals surface area contributed by atoms with Crippen molar-refractivity contribution >= 4 is 34.6 Å². The van der Waals surface area contributed by atoms with Gasteiger partial charge in [-0.25, -0.2) is 8.78 Å². The van der Waals surface area contributed by atoms with Crippen molar-refractivity contribution in [2.24, 2.45) is 0 Å². The average Bonchev–Trinajstić information content (AvgIpc) is 3.47. The molecule has 0 aromatic heterocycles. The monoisotopic (exact) mass is 676 g/mol. The van der Waals surface area contributed by atoms with Crippen LogP contribution in [0.15, 0.2) is 115 Å². The van der Waals surface area contributed by atoms with Crippen LogP contribution in [0.1, 0.15) is 40.7 Å². The number of halogens is 2. The first-order valence-electron chi connectivity index (χ1n) is 17.3. The maximum absolute atomic E-state index is 15.6. The molecular weight excluding hydrogens is 642 g/mol. The summed E-state index contributed by atoms with van der Waals surface area (Å²) in [6, 6.07) is 35.0. The zero-order chi connectivity index (χ0) is 34.7. The van der Waals surface area contributed by atoms with Gasteiger partial charge in [-0.1, -0.05) is 73.7 Å². The van der Waals surface area contributed by atoms with Gasteiger partial charge in [0.05, 0.1) is 13.2 Å². The number of hydrogen-bond acceptors (Lipinski definition) is 4. The number of carbonyl (C=O) groups is 1. The summed E-state index contributed by atoms with van der Waals surface area (Å²) in [7, 11) is 0. The Morgan fingerprint density at radius 3 is 2.27 bits per heavy atom. The maximum atomic E-state index is 15.6. The van der Waals surface area contributed by atoms with Gasteiger partial charge < -0.3 is 19.7 Å². The van der Waals surface area contributed by atoms with Crippen molar-refractivity contribution in [3.63, 3.8) is 0 Å². The van der Waals surface area contributed by atoms with Crippen LogP contribution in [0.5, 0.6) is 5.75 Å². The summed E-state index contributed by atoms with van der Waals surface area (Å²) in [5.41, 5.74) is 8.36. The highest BCUT2D eigenvalue weighted by atomic mass is 19.1. The number of anilines is 2. The number of ether oxygens (including phenoxy) is 2. The Balaban J connectivity index is 1.26. The van der Waals surface area contributed by atoms with E-state index in [1.54, 1.807) is 0 Å². The third-order valence-corrected chi connectivity index (χ3v) is 10.6. The Kier molecular flexibility index (Phi) is 7.47. The molecule has 2 atom stereocenters. The van der Waals surface area contributed by atoms with Crippen molar-refractivity contribution in [3.8, 4) is 28.0 Å². The van der Waals surface area contributed by atoms with Crippen LogP contribution in [0.25, 0.3) is 39.1 Å². The summed E-state index contributed by atoms with van der Waals surface area (Å²) in [5.74, 6) is -0.798. The highest BCUT2D eigenvalue weighted by Crippen LogP contribution is 2.57. The zero-order valence-corrected chi connectivity index (χ0v) is 28.0. The van der Waals surface area contributed by atoms with E-state index in [9.17, 15) is 9.18 Å². The second kappa shape index (κ2) is 12.2. The summed E-state index contributed by atoms with van der Waals surface area (Å²) in [6.07, 6.45) is 4.87. The molecule has 1 N–H and O–H groups in total. The van der Waals surface area contributed by atoms with Crippen LogP contribution < -0.4 is 15.0 Å². The van der Waals surface area contributed by atoms with Crippen molar-refractivity contribution in [2.75, 3.05) is 36.5 Å². The Bertz CT molecular complexity index is 2350.